The topological polar surface area (TPSA) is 518 Å². The van der Waals surface area contributed by atoms with E-state index >= 15 is 0 Å². The first kappa shape index (κ1) is 125. The van der Waals surface area contributed by atoms with E-state index in [1.54, 1.807) is 76.9 Å². The van der Waals surface area contributed by atoms with Crippen LogP contribution in [0.1, 0.15) is 204 Å². The standard InChI is InChI=1S/C53H90N6O14.C19H30N2O6S2.C12H22O7.C7H16O4/c1-15-34(7)47(57-52(66)46(32(3)4)56-53(67)48(33(5)6)58(10)11)40(68-12)28-42(62)59-27-21-24-39(59)49(70-14)35(8)51(65)55-36(9)50(37-22-18-17-19-23-37)73-44(64)29-54-41(61)25-20-26-43(63)71-31-45(69-13)72-38(16-2)30-60;1-3-15(13-22)27-19(25-2)14-26-18(24)9-6-7-16(23)20-11-12-28-29-17-8-4-5-10-21-17;1-3-9(7-13)19-12(17-2)8-18-11(16)6-4-5-10(14)15;1-3-6(4-8)11-7(5-9)10-2/h17-19,22-23,32-36,38-40,45-50,60H,15-16,20-21,24-31H2,1-14H3,(H,54,61)(H,55,65)(H,56,67)(H,57,66);4-5,8,10,15,19,22H,3,6-7,9,11-14H2,1-2H3,(H,20,23);9,12-13H,3-8H2,1-2H3,(H,14,15);6-9H,3-5H2,1-2H3/t34-,35+,36+,38?,39-,40+,45?,46?,47-,48-,49+,50?;;;/m0.../s1. The second-order valence-electron chi connectivity index (χ2n) is 32.1. The average Bonchev–Trinajstić information content (AvgIpc) is 1.57. The molecule has 0 spiro atoms. The number of carbonyl (C=O) groups is 11. The quantitative estimate of drug-likeness (QED) is 0.0113. The molecule has 1 fully saturated rings. The molecule has 39 nitrogen and oxygen atoms in total. The highest BCUT2D eigenvalue weighted by Crippen LogP contribution is 2.31. The van der Waals surface area contributed by atoms with Crippen LogP contribution in [0.3, 0.4) is 0 Å². The SMILES string of the molecule is CCC(CO)OC(CO)OC.CCC(CO)OC(COC(=O)CCCC(=O)NCC(=O)OC(c1ccccc1)[C@@H](C)NC(=O)[C@H](C)[C@@H](OC)[C@@H]1CCCN1C(=O)C[C@@H](OC)[C@@H](NC(=O)C(NC(=O)[C@H](C(C)C)N(C)C)C(C)C)[C@@H](C)CC)OC.CCC(CO)OC(COC(=O)CCCC(=O)NCCSSc1ccccn1)OC.CCC(CO)OC(COC(=O)CCCC(=O)O)OC. The van der Waals surface area contributed by atoms with Gasteiger partial charge >= 0.3 is 29.8 Å². The zero-order chi connectivity index (χ0) is 99.6. The molecule has 1 aromatic carbocycles. The van der Waals surface area contributed by atoms with E-state index < -0.39 is 134 Å². The number of carboxylic acid groups (broad SMARTS) is 1. The Hall–Kier alpha value is -7.40. The van der Waals surface area contributed by atoms with Crippen molar-refractivity contribution in [1.29, 1.82) is 0 Å². The number of hydrogen-bond donors (Lipinski definition) is 11. The van der Waals surface area contributed by atoms with Gasteiger partial charge in [0.2, 0.25) is 35.4 Å². The van der Waals surface area contributed by atoms with Crippen molar-refractivity contribution in [3.8, 4) is 0 Å². The number of ether oxygens (including phenoxy) is 14. The number of hydrogen-bond acceptors (Lipinski definition) is 34. The van der Waals surface area contributed by atoms with Crippen LogP contribution >= 0.6 is 21.6 Å². The van der Waals surface area contributed by atoms with Gasteiger partial charge in [0.25, 0.3) is 0 Å². The summed E-state index contributed by atoms with van der Waals surface area (Å²) >= 11 is 0. The summed E-state index contributed by atoms with van der Waals surface area (Å²) in [6, 6.07) is 11.6. The molecule has 0 bridgehead atoms. The number of aliphatic hydroxyl groups excluding tert-OH is 5. The molecule has 10 unspecified atom stereocenters. The van der Waals surface area contributed by atoms with Crippen LogP contribution in [0, 0.1) is 23.7 Å². The van der Waals surface area contributed by atoms with Gasteiger partial charge < -0.3 is 128 Å². The lowest BCUT2D eigenvalue weighted by atomic mass is 9.90. The third kappa shape index (κ3) is 53.2. The van der Waals surface area contributed by atoms with Crippen LogP contribution in [0.25, 0.3) is 0 Å². The zero-order valence-electron chi connectivity index (χ0n) is 81.3. The van der Waals surface area contributed by atoms with Gasteiger partial charge in [-0.15, -0.1) is 0 Å². The molecule has 0 saturated carbocycles. The third-order valence-electron chi connectivity index (χ3n) is 21.2. The van der Waals surface area contributed by atoms with E-state index in [4.69, 9.17) is 91.8 Å². The number of pyridine rings is 1. The number of aromatic nitrogens is 1. The molecule has 0 radical (unpaired) electrons. The van der Waals surface area contributed by atoms with Crippen molar-refractivity contribution < 1.29 is 150 Å². The molecule has 11 N–H and O–H groups in total. The minimum absolute atomic E-state index is 0.0107. The predicted octanol–water partition coefficient (Wildman–Crippen LogP) is 6.37. The molecule has 1 aromatic heterocycles. The molecule has 3 rings (SSSR count). The molecule has 18 atom stereocenters. The number of likely N-dealkylation sites (N-methyl/N-ethyl adjacent to an activating group) is 1. The Labute approximate surface area is 788 Å². The molecule has 2 aromatic rings. The van der Waals surface area contributed by atoms with Crippen LogP contribution in [-0.2, 0) is 119 Å². The second-order valence-corrected chi connectivity index (χ2v) is 34.6. The van der Waals surface area contributed by atoms with Crippen LogP contribution in [0.4, 0.5) is 0 Å². The van der Waals surface area contributed by atoms with Crippen molar-refractivity contribution in [3.05, 3.63) is 60.3 Å². The first-order chi connectivity index (χ1) is 63.0. The zero-order valence-corrected chi connectivity index (χ0v) is 82.9. The summed E-state index contributed by atoms with van der Waals surface area (Å²) in [5.74, 6) is -5.26. The van der Waals surface area contributed by atoms with E-state index in [9.17, 15) is 57.8 Å². The van der Waals surface area contributed by atoms with Gasteiger partial charge in [0.05, 0.1) is 106 Å². The summed E-state index contributed by atoms with van der Waals surface area (Å²) in [4.78, 5) is 147. The Balaban J connectivity index is 0.00000233. The largest absolute Gasteiger partial charge is 0.481 e. The monoisotopic (exact) mass is 1920 g/mol. The van der Waals surface area contributed by atoms with Crippen LogP contribution < -0.4 is 26.6 Å². The highest BCUT2D eigenvalue weighted by atomic mass is 33.1. The van der Waals surface area contributed by atoms with Crippen LogP contribution in [0.2, 0.25) is 0 Å². The fraction of sp³-hybridized carbons (Fsp3) is 0.758. The maximum atomic E-state index is 14.3. The Morgan fingerprint density at radius 1 is 0.523 bits per heavy atom. The Kier molecular flexibility index (Phi) is 70.6. The number of carbonyl (C=O) groups excluding carboxylic acids is 10. The first-order valence-electron chi connectivity index (χ1n) is 45.3. The summed E-state index contributed by atoms with van der Waals surface area (Å²) in [5, 5.41) is 68.6. The summed E-state index contributed by atoms with van der Waals surface area (Å²) < 4.78 is 74.5. The van der Waals surface area contributed by atoms with E-state index in [2.05, 4.69) is 31.6 Å². The normalized spacial score (nSPS) is 16.3. The van der Waals surface area contributed by atoms with Gasteiger partial charge in [-0.2, -0.15) is 0 Å². The van der Waals surface area contributed by atoms with Crippen LogP contribution in [-0.4, -0.2) is 338 Å². The molecular formula is C91H158N8O31S2. The number of aliphatic carboxylic acids is 1. The van der Waals surface area contributed by atoms with E-state index in [0.717, 1.165) is 10.8 Å². The Bertz CT molecular complexity index is 3430. The highest BCUT2D eigenvalue weighted by Gasteiger charge is 2.43. The van der Waals surface area contributed by atoms with Gasteiger partial charge in [0.15, 0.2) is 25.2 Å². The van der Waals surface area contributed by atoms with E-state index in [-0.39, 0.29) is 170 Å². The second kappa shape index (κ2) is 74.8. The third-order valence-corrected chi connectivity index (χ3v) is 23.4. The van der Waals surface area contributed by atoms with Crippen molar-refractivity contribution in [2.24, 2.45) is 23.7 Å². The van der Waals surface area contributed by atoms with Crippen molar-refractivity contribution in [1.82, 2.24) is 41.4 Å². The first-order valence-corrected chi connectivity index (χ1v) is 47.7. The molecule has 6 amide bonds. The predicted molar refractivity (Wildman–Crippen MR) is 493 cm³/mol. The summed E-state index contributed by atoms with van der Waals surface area (Å²) in [5.41, 5.74) is 0.604. The van der Waals surface area contributed by atoms with Crippen molar-refractivity contribution in [3.63, 3.8) is 0 Å². The van der Waals surface area contributed by atoms with Crippen molar-refractivity contribution in [2.45, 2.75) is 295 Å². The molecule has 1 aliphatic rings. The lowest BCUT2D eigenvalue weighted by Crippen LogP contribution is -2.59. The fourth-order valence-electron chi connectivity index (χ4n) is 13.2. The van der Waals surface area contributed by atoms with E-state index in [1.165, 1.54) is 42.7 Å². The summed E-state index contributed by atoms with van der Waals surface area (Å²) in [7, 11) is 15.6. The molecule has 2 heterocycles. The van der Waals surface area contributed by atoms with Gasteiger partial charge in [-0.05, 0) is 125 Å². The lowest BCUT2D eigenvalue weighted by molar-refractivity contribution is -0.194. The van der Waals surface area contributed by atoms with Crippen molar-refractivity contribution >= 4 is 86.9 Å². The summed E-state index contributed by atoms with van der Waals surface area (Å²) in [6.07, 6.45) is 0.450. The average molecular weight is 1920 g/mol. The Morgan fingerprint density at radius 2 is 1.00 bits per heavy atom. The minimum Gasteiger partial charge on any atom is -0.481 e. The number of nitrogens with zero attached hydrogens (tertiary/aromatic N) is 3. The minimum atomic E-state index is -0.945. The number of nitrogens with one attached hydrogen (secondary N) is 5. The van der Waals surface area contributed by atoms with Crippen molar-refractivity contribution in [2.75, 3.05) is 135 Å². The molecule has 0 aliphatic carbocycles. The fourth-order valence-corrected chi connectivity index (χ4v) is 15.0. The number of esters is 4. The molecule has 41 heteroatoms. The van der Waals surface area contributed by atoms with Gasteiger partial charge in [-0.1, -0.05) is 130 Å². The highest BCUT2D eigenvalue weighted by molar-refractivity contribution is 8.76. The van der Waals surface area contributed by atoms with Crippen LogP contribution in [0.15, 0.2) is 59.8 Å². The van der Waals surface area contributed by atoms with Crippen LogP contribution in [0.5, 0.6) is 0 Å². The number of likely N-dealkylation sites (tertiary alicyclic amines) is 1. The smallest absolute Gasteiger partial charge is 0.326 e. The van der Waals surface area contributed by atoms with E-state index in [1.807, 2.05) is 106 Å². The van der Waals surface area contributed by atoms with E-state index in [0.29, 0.717) is 70.0 Å². The molecule has 132 heavy (non-hydrogen) atoms. The number of amides is 6. The number of carboxylic acids is 1. The van der Waals surface area contributed by atoms with Gasteiger partial charge in [-0.3, -0.25) is 57.6 Å². The number of rotatable bonds is 67. The molecule has 1 saturated heterocycles. The molecule has 760 valence electrons. The molecular weight excluding hydrogens is 1770 g/mol. The number of aliphatic hydroxyl groups is 5. The lowest BCUT2D eigenvalue weighted by Gasteiger charge is -2.37. The maximum absolute atomic E-state index is 14.3. The maximum Gasteiger partial charge on any atom is 0.326 e. The number of methoxy groups -OCH3 is 6. The van der Waals surface area contributed by atoms with Gasteiger partial charge in [-0.25, -0.2) is 4.98 Å². The van der Waals surface area contributed by atoms with Gasteiger partial charge in [0.1, 0.15) is 43.5 Å². The Morgan fingerprint density at radius 3 is 1.41 bits per heavy atom. The summed E-state index contributed by atoms with van der Waals surface area (Å²) in [6.45, 7) is 22.0. The molecule has 1 aliphatic heterocycles. The number of benzene rings is 1. The van der Waals surface area contributed by atoms with Gasteiger partial charge in [0, 0.05) is 106 Å².